The maximum Gasteiger partial charge on any atom is 0.415 e. The van der Waals surface area contributed by atoms with Gasteiger partial charge >= 0.3 is 6.09 Å². The highest BCUT2D eigenvalue weighted by Gasteiger charge is 2.34. The number of carboxylic acid groups (broad SMARTS) is 1. The zero-order valence-corrected chi connectivity index (χ0v) is 22.4. The minimum atomic E-state index is -0.516. The number of fused-ring (bicyclic) bond motifs is 2. The summed E-state index contributed by atoms with van der Waals surface area (Å²) in [6, 6.07) is 3.36. The van der Waals surface area contributed by atoms with E-state index in [-0.39, 0.29) is 54.3 Å². The van der Waals surface area contributed by atoms with Crippen molar-refractivity contribution in [3.63, 3.8) is 0 Å². The number of carbonyl (C=O) groups excluding carboxylic acids is 2. The Morgan fingerprint density at radius 1 is 1.24 bits per heavy atom. The molecule has 0 bridgehead atoms. The van der Waals surface area contributed by atoms with E-state index in [0.717, 1.165) is 24.1 Å². The van der Waals surface area contributed by atoms with Gasteiger partial charge in [0.1, 0.15) is 24.3 Å². The number of nitrogens with zero attached hydrogens (tertiary/aromatic N) is 6. The van der Waals surface area contributed by atoms with Crippen molar-refractivity contribution in [1.82, 2.24) is 30.3 Å². The quantitative estimate of drug-likeness (QED) is 0.228. The lowest BCUT2D eigenvalue weighted by Crippen LogP contribution is -2.30. The van der Waals surface area contributed by atoms with E-state index in [1.165, 1.54) is 22.0 Å². The molecule has 2 aromatic heterocycles. The van der Waals surface area contributed by atoms with Crippen LogP contribution in [0.5, 0.6) is 11.6 Å². The molecule has 1 aliphatic carbocycles. The van der Waals surface area contributed by atoms with Gasteiger partial charge in [0.2, 0.25) is 0 Å². The third-order valence-electron chi connectivity index (χ3n) is 6.84. The summed E-state index contributed by atoms with van der Waals surface area (Å²) in [6.07, 6.45) is 5.82. The lowest BCUT2D eigenvalue weighted by atomic mass is 10.1. The maximum absolute atomic E-state index is 14.7. The molecular formula is C26H29FN8O7. The zero-order valence-electron chi connectivity index (χ0n) is 22.4. The number of carbonyl (C=O) groups is 3. The van der Waals surface area contributed by atoms with Crippen LogP contribution in [0.25, 0.3) is 0 Å². The molecule has 222 valence electrons. The lowest BCUT2D eigenvalue weighted by molar-refractivity contribution is -0.123. The van der Waals surface area contributed by atoms with E-state index in [4.69, 9.17) is 24.1 Å². The van der Waals surface area contributed by atoms with Crippen molar-refractivity contribution < 1.29 is 38.1 Å². The van der Waals surface area contributed by atoms with Crippen molar-refractivity contribution in [3.8, 4) is 11.6 Å². The van der Waals surface area contributed by atoms with Crippen LogP contribution in [0.1, 0.15) is 17.5 Å². The zero-order chi connectivity index (χ0) is 29.5. The van der Waals surface area contributed by atoms with Gasteiger partial charge in [-0.1, -0.05) is 0 Å². The number of aromatic nitrogens is 5. The lowest BCUT2D eigenvalue weighted by Gasteiger charge is -2.18. The minimum Gasteiger partial charge on any atom is -0.491 e. The van der Waals surface area contributed by atoms with Crippen LogP contribution in [0.2, 0.25) is 0 Å². The third kappa shape index (κ3) is 6.88. The number of benzene rings is 1. The topological polar surface area (TPSA) is 183 Å². The molecule has 1 saturated heterocycles. The van der Waals surface area contributed by atoms with Gasteiger partial charge in [-0.05, 0) is 55.5 Å². The van der Waals surface area contributed by atoms with Gasteiger partial charge in [-0.3, -0.25) is 14.5 Å². The second-order valence-electron chi connectivity index (χ2n) is 9.72. The van der Waals surface area contributed by atoms with Crippen LogP contribution >= 0.6 is 0 Å². The highest BCUT2D eigenvalue weighted by Crippen LogP contribution is 2.32. The predicted molar refractivity (Wildman–Crippen MR) is 143 cm³/mol. The monoisotopic (exact) mass is 584 g/mol. The van der Waals surface area contributed by atoms with Crippen LogP contribution in [0.4, 0.5) is 20.8 Å². The molecule has 16 heteroatoms. The van der Waals surface area contributed by atoms with Crippen LogP contribution < -0.4 is 25.0 Å². The predicted octanol–water partition coefficient (Wildman–Crippen LogP) is 1.04. The number of anilines is 2. The minimum absolute atomic E-state index is 0.120. The molecular weight excluding hydrogens is 555 g/mol. The van der Waals surface area contributed by atoms with E-state index in [2.05, 4.69) is 30.8 Å². The van der Waals surface area contributed by atoms with E-state index in [1.54, 1.807) is 12.4 Å². The van der Waals surface area contributed by atoms with E-state index >= 15 is 0 Å². The van der Waals surface area contributed by atoms with Crippen molar-refractivity contribution in [3.05, 3.63) is 47.7 Å². The first-order chi connectivity index (χ1) is 20.4. The smallest absolute Gasteiger partial charge is 0.415 e. The molecule has 15 nitrogen and oxygen atoms in total. The van der Waals surface area contributed by atoms with Gasteiger partial charge < -0.3 is 30.0 Å². The fourth-order valence-electron chi connectivity index (χ4n) is 5.00. The van der Waals surface area contributed by atoms with Crippen LogP contribution in [0, 0.1) is 11.7 Å². The van der Waals surface area contributed by atoms with Crippen molar-refractivity contribution in [2.24, 2.45) is 5.92 Å². The molecule has 0 spiro atoms. The number of ether oxygens (including phenoxy) is 3. The largest absolute Gasteiger partial charge is 0.491 e. The average molecular weight is 585 g/mol. The molecule has 2 aliphatic heterocycles. The Balaban J connectivity index is 0.00000113. The summed E-state index contributed by atoms with van der Waals surface area (Å²) in [7, 11) is 0. The molecule has 1 aromatic carbocycles. The van der Waals surface area contributed by atoms with Gasteiger partial charge in [0.15, 0.2) is 18.2 Å². The van der Waals surface area contributed by atoms with Crippen LogP contribution in [0.15, 0.2) is 30.7 Å². The number of hydrogen-bond acceptors (Lipinski definition) is 11. The van der Waals surface area contributed by atoms with Crippen LogP contribution in [0.3, 0.4) is 0 Å². The van der Waals surface area contributed by atoms with E-state index < -0.39 is 6.09 Å². The second kappa shape index (κ2) is 13.2. The van der Waals surface area contributed by atoms with E-state index in [9.17, 15) is 14.0 Å². The summed E-state index contributed by atoms with van der Waals surface area (Å²) in [5, 5.41) is 20.9. The van der Waals surface area contributed by atoms with Gasteiger partial charge in [0.25, 0.3) is 18.3 Å². The second-order valence-corrected chi connectivity index (χ2v) is 9.72. The average Bonchev–Trinajstić information content (AvgIpc) is 3.72. The van der Waals surface area contributed by atoms with E-state index in [0.29, 0.717) is 44.8 Å². The molecule has 3 aliphatic rings. The summed E-state index contributed by atoms with van der Waals surface area (Å²) >= 11 is 0. The molecule has 2 amide bonds. The molecule has 3 N–H and O–H groups in total. The number of amides is 2. The molecule has 2 unspecified atom stereocenters. The van der Waals surface area contributed by atoms with Gasteiger partial charge in [0, 0.05) is 6.07 Å². The standard InChI is InChI=1S/C25H27FN8O5.CH2O2/c26-20-10-18(37-6-5-34-29-3-4-30-34)9-16-7-15(8-19(16)20)11-27-2-1-17-13-33(25(36)39-17)21-12-28-24-23(31-21)32-22(35)14-38-24;2-1-3/h3-4,9-10,12,15,17,27H,1-2,5-8,11,13-14H2,(H,31,32,35);1H,(H,2,3). The summed E-state index contributed by atoms with van der Waals surface area (Å²) in [5.74, 6) is 0.891. The van der Waals surface area contributed by atoms with Gasteiger partial charge in [-0.25, -0.2) is 19.2 Å². The molecule has 0 radical (unpaired) electrons. The van der Waals surface area contributed by atoms with Crippen molar-refractivity contribution >= 4 is 30.1 Å². The summed E-state index contributed by atoms with van der Waals surface area (Å²) < 4.78 is 31.1. The fourth-order valence-corrected chi connectivity index (χ4v) is 5.00. The molecule has 6 rings (SSSR count). The first kappa shape index (κ1) is 28.7. The van der Waals surface area contributed by atoms with Gasteiger partial charge in [-0.15, -0.1) is 0 Å². The first-order valence-corrected chi connectivity index (χ1v) is 13.3. The highest BCUT2D eigenvalue weighted by molar-refractivity contribution is 5.94. The summed E-state index contributed by atoms with van der Waals surface area (Å²) in [4.78, 5) is 43.6. The Morgan fingerprint density at radius 2 is 2.05 bits per heavy atom. The number of nitrogens with one attached hydrogen (secondary N) is 2. The van der Waals surface area contributed by atoms with Crippen molar-refractivity contribution in [2.45, 2.75) is 31.9 Å². The molecule has 1 fully saturated rings. The number of cyclic esters (lactones) is 1. The Kier molecular flexibility index (Phi) is 9.01. The number of halogens is 1. The normalized spacial score (nSPS) is 18.6. The van der Waals surface area contributed by atoms with Crippen molar-refractivity contribution in [2.75, 3.05) is 43.1 Å². The van der Waals surface area contributed by atoms with Crippen LogP contribution in [-0.4, -0.2) is 87.5 Å². The Bertz CT molecular complexity index is 1420. The third-order valence-corrected chi connectivity index (χ3v) is 6.84. The Hall–Kier alpha value is -4.86. The van der Waals surface area contributed by atoms with Gasteiger partial charge in [0.05, 0.1) is 31.7 Å². The molecule has 0 saturated carbocycles. The Labute approximate surface area is 239 Å². The summed E-state index contributed by atoms with van der Waals surface area (Å²) in [6.45, 7) is 2.14. The summed E-state index contributed by atoms with van der Waals surface area (Å²) in [5.41, 5.74) is 1.72. The number of rotatable bonds is 10. The van der Waals surface area contributed by atoms with Crippen LogP contribution in [-0.2, 0) is 33.7 Å². The van der Waals surface area contributed by atoms with E-state index in [1.807, 2.05) is 6.07 Å². The maximum atomic E-state index is 14.7. The Morgan fingerprint density at radius 3 is 2.86 bits per heavy atom. The highest BCUT2D eigenvalue weighted by atomic mass is 19.1. The fraction of sp³-hybridized carbons (Fsp3) is 0.423. The first-order valence-electron chi connectivity index (χ1n) is 13.3. The molecule has 4 heterocycles. The SMILES string of the molecule is O=C1COc2ncc(N3CC(CCNCC4Cc5cc(OCCn6nccn6)cc(F)c5C4)OC3=O)nc2N1.O=CO. The molecule has 42 heavy (non-hydrogen) atoms. The molecule has 2 atom stereocenters. The van der Waals surface area contributed by atoms with Crippen molar-refractivity contribution in [1.29, 1.82) is 0 Å². The number of hydrogen-bond donors (Lipinski definition) is 3. The molecule has 3 aromatic rings. The van der Waals surface area contributed by atoms with Gasteiger partial charge in [-0.2, -0.15) is 15.0 Å².